The molecule has 0 saturated heterocycles. The van der Waals surface area contributed by atoms with Crippen LogP contribution in [0.4, 0.5) is 13.2 Å². The van der Waals surface area contributed by atoms with Crippen LogP contribution >= 0.6 is 0 Å². The monoisotopic (exact) mass is 339 g/mol. The predicted molar refractivity (Wildman–Crippen MR) is 81.1 cm³/mol. The van der Waals surface area contributed by atoms with Crippen LogP contribution in [-0.4, -0.2) is 24.3 Å². The first-order valence-electron chi connectivity index (χ1n) is 7.12. The first-order valence-corrected chi connectivity index (χ1v) is 7.12. The van der Waals surface area contributed by atoms with E-state index in [0.29, 0.717) is 5.56 Å². The molecule has 0 saturated carbocycles. The van der Waals surface area contributed by atoms with Gasteiger partial charge in [-0.1, -0.05) is 48.5 Å². The molecule has 2 aromatic rings. The normalized spacial score (nSPS) is 13.8. The number of rotatable bonds is 6. The van der Waals surface area contributed by atoms with Gasteiger partial charge in [0.25, 0.3) is 0 Å². The highest BCUT2D eigenvalue weighted by molar-refractivity contribution is 5.76. The Bertz CT molecular complexity index is 647. The molecule has 0 aliphatic heterocycles. The van der Waals surface area contributed by atoms with Crippen LogP contribution in [0.5, 0.6) is 5.75 Å². The van der Waals surface area contributed by atoms with Gasteiger partial charge in [0, 0.05) is 0 Å². The highest BCUT2D eigenvalue weighted by Gasteiger charge is 2.47. The van der Waals surface area contributed by atoms with Gasteiger partial charge >= 0.3 is 12.1 Å². The molecule has 0 radical (unpaired) electrons. The van der Waals surface area contributed by atoms with E-state index in [-0.39, 0.29) is 12.4 Å². The number of carbonyl (C=O) groups excluding carboxylic acids is 1. The molecule has 0 fully saturated rings. The van der Waals surface area contributed by atoms with Gasteiger partial charge in [0.2, 0.25) is 6.10 Å². The quantitative estimate of drug-likeness (QED) is 0.822. The summed E-state index contributed by atoms with van der Waals surface area (Å²) in [6.07, 6.45) is -6.79. The van der Waals surface area contributed by atoms with E-state index >= 15 is 0 Å². The van der Waals surface area contributed by atoms with Crippen LogP contribution in [0.1, 0.15) is 5.56 Å². The Kier molecular flexibility index (Phi) is 5.81. The fourth-order valence-electron chi connectivity index (χ4n) is 1.90. The Morgan fingerprint density at radius 1 is 1.00 bits per heavy atom. The second-order valence-corrected chi connectivity index (χ2v) is 5.01. The van der Waals surface area contributed by atoms with Crippen LogP contribution in [0.2, 0.25) is 0 Å². The number of halogens is 3. The van der Waals surface area contributed by atoms with Crippen LogP contribution in [0.25, 0.3) is 0 Å². The van der Waals surface area contributed by atoms with Gasteiger partial charge in [-0.3, -0.25) is 0 Å². The van der Waals surface area contributed by atoms with E-state index < -0.39 is 24.3 Å². The molecule has 0 aromatic heterocycles. The number of ether oxygens (including phenoxy) is 2. The fourth-order valence-corrected chi connectivity index (χ4v) is 1.90. The van der Waals surface area contributed by atoms with E-state index in [4.69, 9.17) is 15.2 Å². The largest absolute Gasteiger partial charge is 0.477 e. The van der Waals surface area contributed by atoms with Gasteiger partial charge in [0.1, 0.15) is 18.4 Å². The molecule has 4 nitrogen and oxygen atoms in total. The van der Waals surface area contributed by atoms with Crippen molar-refractivity contribution in [3.63, 3.8) is 0 Å². The average molecular weight is 339 g/mol. The molecule has 7 heteroatoms. The molecule has 2 atom stereocenters. The van der Waals surface area contributed by atoms with E-state index in [1.165, 1.54) is 12.1 Å². The lowest BCUT2D eigenvalue weighted by Gasteiger charge is -2.25. The molecule has 0 amide bonds. The summed E-state index contributed by atoms with van der Waals surface area (Å²) in [7, 11) is 0. The zero-order valence-electron chi connectivity index (χ0n) is 12.6. The van der Waals surface area contributed by atoms with Crippen molar-refractivity contribution in [2.24, 2.45) is 5.73 Å². The lowest BCUT2D eigenvalue weighted by Crippen LogP contribution is -2.53. The summed E-state index contributed by atoms with van der Waals surface area (Å²) < 4.78 is 48.8. The number of carbonyl (C=O) groups is 1. The average Bonchev–Trinajstić information content (AvgIpc) is 2.58. The van der Waals surface area contributed by atoms with Gasteiger partial charge in [-0.2, -0.15) is 13.2 Å². The molecule has 2 aromatic carbocycles. The number of hydrogen-bond acceptors (Lipinski definition) is 4. The van der Waals surface area contributed by atoms with Crippen molar-refractivity contribution in [2.45, 2.75) is 24.9 Å². The van der Waals surface area contributed by atoms with Gasteiger partial charge in [-0.25, -0.2) is 4.79 Å². The molecule has 0 spiro atoms. The maximum Gasteiger partial charge on any atom is 0.407 e. The maximum absolute atomic E-state index is 12.9. The second-order valence-electron chi connectivity index (χ2n) is 5.01. The molecule has 0 aliphatic carbocycles. The number of para-hydroxylation sites is 1. The lowest BCUT2D eigenvalue weighted by atomic mass is 10.1. The van der Waals surface area contributed by atoms with E-state index in [2.05, 4.69) is 0 Å². The minimum absolute atomic E-state index is 0.0962. The third-order valence-corrected chi connectivity index (χ3v) is 3.17. The number of benzene rings is 2. The highest BCUT2D eigenvalue weighted by Crippen LogP contribution is 2.24. The van der Waals surface area contributed by atoms with E-state index in [9.17, 15) is 18.0 Å². The SMILES string of the molecule is N[C@@H]([C@H](Oc1ccccc1)C(=O)OCc1ccccc1)C(F)(F)F. The molecule has 128 valence electrons. The Hall–Kier alpha value is -2.54. The predicted octanol–water partition coefficient (Wildman–Crippen LogP) is 3.07. The van der Waals surface area contributed by atoms with Crippen molar-refractivity contribution >= 4 is 5.97 Å². The Morgan fingerprint density at radius 2 is 1.54 bits per heavy atom. The Morgan fingerprint density at radius 3 is 2.08 bits per heavy atom. The summed E-state index contributed by atoms with van der Waals surface area (Å²) in [5, 5.41) is 0. The molecular formula is C17H16F3NO3. The maximum atomic E-state index is 12.9. The summed E-state index contributed by atoms with van der Waals surface area (Å²) in [5.74, 6) is -1.08. The third-order valence-electron chi connectivity index (χ3n) is 3.17. The zero-order valence-corrected chi connectivity index (χ0v) is 12.6. The summed E-state index contributed by atoms with van der Waals surface area (Å²) in [6.45, 7) is -0.168. The summed E-state index contributed by atoms with van der Waals surface area (Å²) in [4.78, 5) is 12.1. The van der Waals surface area contributed by atoms with Gasteiger partial charge in [0.05, 0.1) is 0 Å². The molecule has 24 heavy (non-hydrogen) atoms. The molecular weight excluding hydrogens is 323 g/mol. The standard InChI is InChI=1S/C17H16F3NO3/c18-17(19,20)15(21)14(24-13-9-5-2-6-10-13)16(22)23-11-12-7-3-1-4-8-12/h1-10,14-15H,11,21H2/t14-,15-/m0/s1. The van der Waals surface area contributed by atoms with E-state index in [1.54, 1.807) is 48.5 Å². The van der Waals surface area contributed by atoms with Crippen molar-refractivity contribution in [1.29, 1.82) is 0 Å². The van der Waals surface area contributed by atoms with Crippen molar-refractivity contribution in [3.05, 3.63) is 66.2 Å². The molecule has 2 rings (SSSR count). The summed E-state index contributed by atoms with van der Waals surface area (Å²) in [6, 6.07) is 13.8. The van der Waals surface area contributed by atoms with Crippen LogP contribution in [0.15, 0.2) is 60.7 Å². The number of hydrogen-bond donors (Lipinski definition) is 1. The Labute approximate surface area is 137 Å². The third kappa shape index (κ3) is 4.99. The molecule has 0 aliphatic rings. The van der Waals surface area contributed by atoms with E-state index in [1.807, 2.05) is 0 Å². The van der Waals surface area contributed by atoms with Gasteiger partial charge in [-0.05, 0) is 17.7 Å². The minimum Gasteiger partial charge on any atom is -0.477 e. The molecule has 0 bridgehead atoms. The minimum atomic E-state index is -4.80. The van der Waals surface area contributed by atoms with Crippen LogP contribution in [-0.2, 0) is 16.1 Å². The number of nitrogens with two attached hydrogens (primary N) is 1. The highest BCUT2D eigenvalue weighted by atomic mass is 19.4. The first kappa shape index (κ1) is 17.8. The second kappa shape index (κ2) is 7.83. The molecule has 0 unspecified atom stereocenters. The smallest absolute Gasteiger partial charge is 0.407 e. The summed E-state index contributed by atoms with van der Waals surface area (Å²) >= 11 is 0. The van der Waals surface area contributed by atoms with Crippen LogP contribution < -0.4 is 10.5 Å². The fraction of sp³-hybridized carbons (Fsp3) is 0.235. The molecule has 2 N–H and O–H groups in total. The van der Waals surface area contributed by atoms with Crippen molar-refractivity contribution in [2.75, 3.05) is 0 Å². The van der Waals surface area contributed by atoms with Gasteiger partial charge in [-0.15, -0.1) is 0 Å². The lowest BCUT2D eigenvalue weighted by molar-refractivity contribution is -0.183. The van der Waals surface area contributed by atoms with Gasteiger partial charge < -0.3 is 15.2 Å². The van der Waals surface area contributed by atoms with Crippen molar-refractivity contribution in [3.8, 4) is 5.75 Å². The zero-order chi connectivity index (χ0) is 17.6. The van der Waals surface area contributed by atoms with Crippen LogP contribution in [0.3, 0.4) is 0 Å². The van der Waals surface area contributed by atoms with Crippen molar-refractivity contribution in [1.82, 2.24) is 0 Å². The van der Waals surface area contributed by atoms with Crippen molar-refractivity contribution < 1.29 is 27.4 Å². The Balaban J connectivity index is 2.10. The number of alkyl halides is 3. The first-order chi connectivity index (χ1) is 11.4. The summed E-state index contributed by atoms with van der Waals surface area (Å²) in [5.41, 5.74) is 5.81. The van der Waals surface area contributed by atoms with Gasteiger partial charge in [0.15, 0.2) is 0 Å². The van der Waals surface area contributed by atoms with Crippen LogP contribution in [0, 0.1) is 0 Å². The molecule has 0 heterocycles. The van der Waals surface area contributed by atoms with E-state index in [0.717, 1.165) is 0 Å². The topological polar surface area (TPSA) is 61.5 Å². The number of esters is 1.